The lowest BCUT2D eigenvalue weighted by molar-refractivity contribution is -0.157. The summed E-state index contributed by atoms with van der Waals surface area (Å²) < 4.78 is 40.6. The van der Waals surface area contributed by atoms with Crippen LogP contribution < -0.4 is 5.32 Å². The lowest BCUT2D eigenvalue weighted by atomic mass is 10.00. The van der Waals surface area contributed by atoms with E-state index < -0.39 is 12.1 Å². The molecule has 0 bridgehead atoms. The number of alkyl halides is 3. The van der Waals surface area contributed by atoms with Gasteiger partial charge in [0.1, 0.15) is 0 Å². The quantitative estimate of drug-likeness (QED) is 0.781. The van der Waals surface area contributed by atoms with E-state index in [1.54, 1.807) is 0 Å². The minimum atomic E-state index is -4.54. The molecule has 0 radical (unpaired) electrons. The largest absolute Gasteiger partial charge is 0.470 e. The van der Waals surface area contributed by atoms with Crippen molar-refractivity contribution in [3.63, 3.8) is 0 Å². The first kappa shape index (κ1) is 9.45. The van der Waals surface area contributed by atoms with Gasteiger partial charge >= 0.3 is 12.1 Å². The Balaban J connectivity index is 2.02. The van der Waals surface area contributed by atoms with Gasteiger partial charge in [-0.2, -0.15) is 13.2 Å². The molecule has 0 unspecified atom stereocenters. The van der Waals surface area contributed by atoms with Crippen LogP contribution in [-0.4, -0.2) is 23.3 Å². The van der Waals surface area contributed by atoms with E-state index in [0.717, 1.165) is 13.1 Å². The van der Waals surface area contributed by atoms with Crippen molar-refractivity contribution in [1.82, 2.24) is 15.5 Å². The molecule has 1 aliphatic rings. The topological polar surface area (TPSA) is 51.0 Å². The predicted molar refractivity (Wildman–Crippen MR) is 39.4 cm³/mol. The molecule has 0 amide bonds. The fraction of sp³-hybridized carbons (Fsp3) is 0.714. The summed E-state index contributed by atoms with van der Waals surface area (Å²) in [5.74, 6) is -0.889. The van der Waals surface area contributed by atoms with Crippen LogP contribution in [0.1, 0.15) is 11.8 Å². The molecule has 1 saturated heterocycles. The van der Waals surface area contributed by atoms with Gasteiger partial charge in [0, 0.05) is 6.42 Å². The first-order valence-electron chi connectivity index (χ1n) is 4.16. The van der Waals surface area contributed by atoms with Crippen molar-refractivity contribution >= 4 is 0 Å². The molecule has 78 valence electrons. The van der Waals surface area contributed by atoms with E-state index in [1.807, 2.05) is 0 Å². The molecule has 4 nitrogen and oxygen atoms in total. The molecule has 14 heavy (non-hydrogen) atoms. The van der Waals surface area contributed by atoms with Crippen LogP contribution in [0, 0.1) is 5.92 Å². The maximum atomic E-state index is 12.0. The molecule has 1 aliphatic heterocycles. The molecule has 1 fully saturated rings. The van der Waals surface area contributed by atoms with Crippen LogP contribution in [0.5, 0.6) is 0 Å². The maximum Gasteiger partial charge on any atom is 0.470 e. The highest BCUT2D eigenvalue weighted by Gasteiger charge is 2.38. The molecule has 2 rings (SSSR count). The second kappa shape index (κ2) is 3.23. The smallest absolute Gasteiger partial charge is 0.417 e. The Hall–Kier alpha value is -1.11. The molecule has 0 spiro atoms. The van der Waals surface area contributed by atoms with Crippen molar-refractivity contribution in [2.45, 2.75) is 12.6 Å². The summed E-state index contributed by atoms with van der Waals surface area (Å²) in [6.07, 6.45) is -4.13. The van der Waals surface area contributed by atoms with Crippen molar-refractivity contribution in [3.05, 3.63) is 11.8 Å². The van der Waals surface area contributed by atoms with Gasteiger partial charge in [-0.05, 0) is 19.0 Å². The van der Waals surface area contributed by atoms with E-state index in [0.29, 0.717) is 12.3 Å². The molecular weight excluding hydrogens is 199 g/mol. The maximum absolute atomic E-state index is 12.0. The second-order valence-corrected chi connectivity index (χ2v) is 3.23. The summed E-state index contributed by atoms with van der Waals surface area (Å²) >= 11 is 0. The van der Waals surface area contributed by atoms with Gasteiger partial charge in [0.05, 0.1) is 0 Å². The van der Waals surface area contributed by atoms with E-state index in [9.17, 15) is 13.2 Å². The number of hydrogen-bond donors (Lipinski definition) is 1. The zero-order valence-corrected chi connectivity index (χ0v) is 7.14. The zero-order chi connectivity index (χ0) is 10.2. The number of hydrogen-bond acceptors (Lipinski definition) is 4. The molecule has 7 heteroatoms. The van der Waals surface area contributed by atoms with Gasteiger partial charge in [-0.1, -0.05) is 0 Å². The van der Waals surface area contributed by atoms with Crippen LogP contribution in [-0.2, 0) is 12.6 Å². The summed E-state index contributed by atoms with van der Waals surface area (Å²) in [4.78, 5) is 0. The van der Waals surface area contributed by atoms with Gasteiger partial charge in [-0.3, -0.25) is 0 Å². The van der Waals surface area contributed by atoms with E-state index in [4.69, 9.17) is 0 Å². The third-order valence-electron chi connectivity index (χ3n) is 2.04. The third kappa shape index (κ3) is 1.87. The number of halogens is 3. The first-order valence-corrected chi connectivity index (χ1v) is 4.16. The zero-order valence-electron chi connectivity index (χ0n) is 7.14. The van der Waals surface area contributed by atoms with Crippen LogP contribution in [0.25, 0.3) is 0 Å². The fourth-order valence-corrected chi connectivity index (χ4v) is 1.19. The second-order valence-electron chi connectivity index (χ2n) is 3.23. The molecule has 0 aromatic carbocycles. The number of rotatable bonds is 2. The van der Waals surface area contributed by atoms with E-state index in [1.165, 1.54) is 0 Å². The van der Waals surface area contributed by atoms with Crippen LogP contribution in [0.2, 0.25) is 0 Å². The Bertz CT molecular complexity index is 318. The summed E-state index contributed by atoms with van der Waals surface area (Å²) in [5.41, 5.74) is 0. The highest BCUT2D eigenvalue weighted by atomic mass is 19.4. The van der Waals surface area contributed by atoms with E-state index >= 15 is 0 Å². The van der Waals surface area contributed by atoms with Crippen LogP contribution in [0.15, 0.2) is 4.42 Å². The Morgan fingerprint density at radius 1 is 1.36 bits per heavy atom. The minimum absolute atomic E-state index is 0.0591. The average Bonchev–Trinajstić information content (AvgIpc) is 2.43. The Kier molecular flexibility index (Phi) is 2.18. The van der Waals surface area contributed by atoms with Crippen molar-refractivity contribution in [2.24, 2.45) is 5.92 Å². The van der Waals surface area contributed by atoms with Gasteiger partial charge in [0.15, 0.2) is 0 Å². The van der Waals surface area contributed by atoms with Gasteiger partial charge in [0.25, 0.3) is 0 Å². The molecule has 0 atom stereocenters. The van der Waals surface area contributed by atoms with Crippen molar-refractivity contribution in [2.75, 3.05) is 13.1 Å². The standard InChI is InChI=1S/C7H8F3N3O/c8-7(9,10)6-13-12-5(14-6)1-4-2-11-3-4/h4,11H,1-3H2. The number of nitrogens with zero attached hydrogens (tertiary/aromatic N) is 2. The van der Waals surface area contributed by atoms with Gasteiger partial charge in [-0.15, -0.1) is 10.2 Å². The van der Waals surface area contributed by atoms with E-state index in [-0.39, 0.29) is 5.89 Å². The molecule has 2 heterocycles. The summed E-state index contributed by atoms with van der Waals surface area (Å²) in [5, 5.41) is 9.28. The molecule has 0 saturated carbocycles. The Morgan fingerprint density at radius 2 is 2.07 bits per heavy atom. The molecule has 1 N–H and O–H groups in total. The summed E-state index contributed by atoms with van der Waals surface area (Å²) in [6, 6.07) is 0. The summed E-state index contributed by atoms with van der Waals surface area (Å²) in [7, 11) is 0. The minimum Gasteiger partial charge on any atom is -0.417 e. The Labute approximate surface area is 77.5 Å². The van der Waals surface area contributed by atoms with Crippen molar-refractivity contribution < 1.29 is 17.6 Å². The van der Waals surface area contributed by atoms with Gasteiger partial charge in [-0.25, -0.2) is 0 Å². The lowest BCUT2D eigenvalue weighted by Gasteiger charge is -2.25. The van der Waals surface area contributed by atoms with Crippen LogP contribution in [0.4, 0.5) is 13.2 Å². The van der Waals surface area contributed by atoms with E-state index in [2.05, 4.69) is 19.9 Å². The number of aromatic nitrogens is 2. The first-order chi connectivity index (χ1) is 6.55. The highest BCUT2D eigenvalue weighted by molar-refractivity contribution is 4.90. The lowest BCUT2D eigenvalue weighted by Crippen LogP contribution is -2.43. The molecular formula is C7H8F3N3O. The predicted octanol–water partition coefficient (Wildman–Crippen LogP) is 0.850. The third-order valence-corrected chi connectivity index (χ3v) is 2.04. The SMILES string of the molecule is FC(F)(F)c1nnc(CC2CNC2)o1. The van der Waals surface area contributed by atoms with Crippen LogP contribution in [0.3, 0.4) is 0 Å². The van der Waals surface area contributed by atoms with Crippen molar-refractivity contribution in [1.29, 1.82) is 0 Å². The van der Waals surface area contributed by atoms with Crippen molar-refractivity contribution in [3.8, 4) is 0 Å². The highest BCUT2D eigenvalue weighted by Crippen LogP contribution is 2.28. The summed E-state index contributed by atoms with van der Waals surface area (Å²) in [6.45, 7) is 1.59. The van der Waals surface area contributed by atoms with Gasteiger partial charge in [0.2, 0.25) is 5.89 Å². The van der Waals surface area contributed by atoms with Gasteiger partial charge < -0.3 is 9.73 Å². The fourth-order valence-electron chi connectivity index (χ4n) is 1.19. The monoisotopic (exact) mass is 207 g/mol. The molecule has 1 aromatic rings. The van der Waals surface area contributed by atoms with Crippen LogP contribution >= 0.6 is 0 Å². The Morgan fingerprint density at radius 3 is 2.50 bits per heavy atom. The molecule has 1 aromatic heterocycles. The molecule has 0 aliphatic carbocycles. The normalized spacial score (nSPS) is 18.2. The number of nitrogens with one attached hydrogen (secondary N) is 1. The average molecular weight is 207 g/mol.